The maximum Gasteiger partial charge on any atom is 0.337 e. The molecule has 7 nitrogen and oxygen atoms in total. The molecule has 0 aliphatic heterocycles. The number of hydrogen-bond donors (Lipinski definition) is 1. The molecule has 0 atom stereocenters. The van der Waals surface area contributed by atoms with Crippen LogP contribution in [-0.2, 0) is 11.3 Å². The van der Waals surface area contributed by atoms with Crippen LogP contribution in [0.3, 0.4) is 0 Å². The van der Waals surface area contributed by atoms with Crippen LogP contribution < -0.4 is 10.2 Å². The average Bonchev–Trinajstić information content (AvgIpc) is 3.20. The van der Waals surface area contributed by atoms with E-state index in [0.717, 1.165) is 27.6 Å². The van der Waals surface area contributed by atoms with Crippen molar-refractivity contribution in [3.8, 4) is 5.75 Å². The molecule has 0 saturated carbocycles. The van der Waals surface area contributed by atoms with Crippen molar-refractivity contribution in [1.29, 1.82) is 0 Å². The number of aryl methyl sites for hydroxylation is 1. The number of hydrogen-bond acceptors (Lipinski definition) is 5. The number of para-hydroxylation sites is 1. The van der Waals surface area contributed by atoms with Gasteiger partial charge in [0, 0.05) is 29.2 Å². The van der Waals surface area contributed by atoms with Crippen molar-refractivity contribution < 1.29 is 19.1 Å². The number of methoxy groups -OCH3 is 2. The lowest BCUT2D eigenvalue weighted by molar-refractivity contribution is 0.0600. The highest BCUT2D eigenvalue weighted by molar-refractivity contribution is 6.01. The molecule has 0 fully saturated rings. The van der Waals surface area contributed by atoms with E-state index in [9.17, 15) is 9.59 Å². The summed E-state index contributed by atoms with van der Waals surface area (Å²) in [5, 5.41) is 5.18. The number of nitrogens with zero attached hydrogens (tertiary/aromatic N) is 2. The molecule has 0 unspecified atom stereocenters. The number of nitrogens with one attached hydrogen (secondary N) is 1. The maximum atomic E-state index is 12.6. The number of rotatable bonds is 7. The Bertz CT molecular complexity index is 1390. The third-order valence-electron chi connectivity index (χ3n) is 5.49. The van der Waals surface area contributed by atoms with Gasteiger partial charge < -0.3 is 14.0 Å². The molecule has 0 spiro atoms. The minimum atomic E-state index is -0.368. The summed E-state index contributed by atoms with van der Waals surface area (Å²) < 4.78 is 12.2. The van der Waals surface area contributed by atoms with Crippen molar-refractivity contribution in [2.75, 3.05) is 14.2 Å². The number of amides is 1. The third kappa shape index (κ3) is 4.83. The van der Waals surface area contributed by atoms with Crippen LogP contribution in [0.25, 0.3) is 10.9 Å². The lowest BCUT2D eigenvalue weighted by Crippen LogP contribution is -2.18. The molecular weight excluding hydrogens is 430 g/mol. The first kappa shape index (κ1) is 22.8. The van der Waals surface area contributed by atoms with Crippen LogP contribution in [-0.4, -0.2) is 36.9 Å². The molecule has 0 aliphatic carbocycles. The fourth-order valence-electron chi connectivity index (χ4n) is 3.83. The molecule has 1 amide bonds. The van der Waals surface area contributed by atoms with Crippen molar-refractivity contribution in [2.45, 2.75) is 13.5 Å². The van der Waals surface area contributed by atoms with Gasteiger partial charge in [-0.15, -0.1) is 0 Å². The Hall–Kier alpha value is -4.39. The second-order valence-corrected chi connectivity index (χ2v) is 7.82. The van der Waals surface area contributed by atoms with Gasteiger partial charge in [0.1, 0.15) is 5.75 Å². The predicted molar refractivity (Wildman–Crippen MR) is 132 cm³/mol. The van der Waals surface area contributed by atoms with Gasteiger partial charge in [-0.1, -0.05) is 36.4 Å². The zero-order valence-electron chi connectivity index (χ0n) is 19.2. The number of aromatic nitrogens is 1. The first-order chi connectivity index (χ1) is 16.5. The first-order valence-electron chi connectivity index (χ1n) is 10.7. The number of benzene rings is 3. The van der Waals surface area contributed by atoms with Crippen molar-refractivity contribution in [3.63, 3.8) is 0 Å². The van der Waals surface area contributed by atoms with Gasteiger partial charge in [0.05, 0.1) is 31.6 Å². The second-order valence-electron chi connectivity index (χ2n) is 7.82. The van der Waals surface area contributed by atoms with Gasteiger partial charge in [0.15, 0.2) is 0 Å². The minimum Gasteiger partial charge on any atom is -0.496 e. The number of hydrazone groups is 1. The van der Waals surface area contributed by atoms with E-state index in [1.807, 2.05) is 61.7 Å². The van der Waals surface area contributed by atoms with Crippen molar-refractivity contribution in [2.24, 2.45) is 5.10 Å². The van der Waals surface area contributed by atoms with Crippen LogP contribution in [0.15, 0.2) is 78.0 Å². The van der Waals surface area contributed by atoms with Gasteiger partial charge in [0.25, 0.3) is 5.91 Å². The molecular formula is C27H25N3O4. The Morgan fingerprint density at radius 2 is 1.85 bits per heavy atom. The van der Waals surface area contributed by atoms with E-state index in [1.54, 1.807) is 24.4 Å². The normalized spacial score (nSPS) is 11.0. The van der Waals surface area contributed by atoms with E-state index in [-0.39, 0.29) is 11.9 Å². The van der Waals surface area contributed by atoms with E-state index in [2.05, 4.69) is 15.1 Å². The number of esters is 1. The zero-order valence-corrected chi connectivity index (χ0v) is 19.2. The summed E-state index contributed by atoms with van der Waals surface area (Å²) in [4.78, 5) is 24.5. The Morgan fingerprint density at radius 1 is 1.03 bits per heavy atom. The Labute approximate surface area is 197 Å². The minimum absolute atomic E-state index is 0.350. The monoisotopic (exact) mass is 455 g/mol. The highest BCUT2D eigenvalue weighted by atomic mass is 16.5. The Kier molecular flexibility index (Phi) is 6.73. The SMILES string of the molecule is COC(=O)c1cccc(Cn2cc(/C=N\NC(=O)c3ccc(C)cc3OC)c3ccccc32)c1. The van der Waals surface area contributed by atoms with Crippen molar-refractivity contribution in [3.05, 3.63) is 101 Å². The van der Waals surface area contributed by atoms with E-state index >= 15 is 0 Å². The van der Waals surface area contributed by atoms with Crippen LogP contribution in [0.1, 0.15) is 37.4 Å². The van der Waals surface area contributed by atoms with Gasteiger partial charge in [-0.25, -0.2) is 10.2 Å². The molecule has 0 aliphatic rings. The smallest absolute Gasteiger partial charge is 0.337 e. The van der Waals surface area contributed by atoms with Crippen LogP contribution in [0.5, 0.6) is 5.75 Å². The summed E-state index contributed by atoms with van der Waals surface area (Å²) >= 11 is 0. The molecule has 34 heavy (non-hydrogen) atoms. The lowest BCUT2D eigenvalue weighted by Gasteiger charge is -2.07. The standard InChI is InChI=1S/C27H25N3O4/c1-18-11-12-23(25(13-18)33-2)26(31)29-28-15-21-17-30(24-10-5-4-9-22(21)24)16-19-7-6-8-20(14-19)27(32)34-3/h4-15,17H,16H2,1-3H3,(H,29,31)/b28-15-. The molecule has 172 valence electrons. The number of carbonyl (C=O) groups excluding carboxylic acids is 2. The van der Waals surface area contributed by atoms with Gasteiger partial charge in [-0.05, 0) is 48.4 Å². The van der Waals surface area contributed by atoms with Gasteiger partial charge in [-0.2, -0.15) is 5.10 Å². The van der Waals surface area contributed by atoms with E-state index in [0.29, 0.717) is 23.4 Å². The fourth-order valence-corrected chi connectivity index (χ4v) is 3.83. The number of fused-ring (bicyclic) bond motifs is 1. The van der Waals surface area contributed by atoms with E-state index in [4.69, 9.17) is 9.47 Å². The van der Waals surface area contributed by atoms with Crippen LogP contribution in [0, 0.1) is 6.92 Å². The maximum absolute atomic E-state index is 12.6. The molecule has 4 aromatic rings. The summed E-state index contributed by atoms with van der Waals surface area (Å²) in [5.74, 6) is -0.220. The predicted octanol–water partition coefficient (Wildman–Crippen LogP) is 4.56. The third-order valence-corrected chi connectivity index (χ3v) is 5.49. The van der Waals surface area contributed by atoms with Crippen LogP contribution in [0.4, 0.5) is 0 Å². The summed E-state index contributed by atoms with van der Waals surface area (Å²) in [5.41, 5.74) is 7.34. The molecule has 4 rings (SSSR count). The molecule has 1 N–H and O–H groups in total. The number of carbonyl (C=O) groups is 2. The zero-order chi connectivity index (χ0) is 24.1. The summed E-state index contributed by atoms with van der Waals surface area (Å²) in [6.07, 6.45) is 3.60. The topological polar surface area (TPSA) is 81.9 Å². The molecule has 7 heteroatoms. The second kappa shape index (κ2) is 10.0. The largest absolute Gasteiger partial charge is 0.496 e. The average molecular weight is 456 g/mol. The quantitative estimate of drug-likeness (QED) is 0.252. The molecule has 3 aromatic carbocycles. The summed E-state index contributed by atoms with van der Waals surface area (Å²) in [6, 6.07) is 20.7. The molecule has 1 heterocycles. The van der Waals surface area contributed by atoms with Crippen LogP contribution in [0.2, 0.25) is 0 Å². The Morgan fingerprint density at radius 3 is 2.65 bits per heavy atom. The van der Waals surface area contributed by atoms with E-state index in [1.165, 1.54) is 14.2 Å². The highest BCUT2D eigenvalue weighted by Crippen LogP contribution is 2.22. The van der Waals surface area contributed by atoms with Gasteiger partial charge >= 0.3 is 5.97 Å². The van der Waals surface area contributed by atoms with Crippen molar-refractivity contribution >= 4 is 29.0 Å². The molecule has 0 saturated heterocycles. The first-order valence-corrected chi connectivity index (χ1v) is 10.7. The Balaban J connectivity index is 1.57. The molecule has 0 bridgehead atoms. The van der Waals surface area contributed by atoms with Gasteiger partial charge in [0.2, 0.25) is 0 Å². The molecule has 0 radical (unpaired) electrons. The summed E-state index contributed by atoms with van der Waals surface area (Å²) in [6.45, 7) is 2.50. The number of ether oxygens (including phenoxy) is 2. The van der Waals surface area contributed by atoms with Crippen molar-refractivity contribution in [1.82, 2.24) is 9.99 Å². The van der Waals surface area contributed by atoms with Crippen LogP contribution >= 0.6 is 0 Å². The van der Waals surface area contributed by atoms with E-state index < -0.39 is 0 Å². The summed E-state index contributed by atoms with van der Waals surface area (Å²) in [7, 11) is 2.90. The van der Waals surface area contributed by atoms with Gasteiger partial charge in [-0.3, -0.25) is 4.79 Å². The highest BCUT2D eigenvalue weighted by Gasteiger charge is 2.12. The molecule has 1 aromatic heterocycles. The lowest BCUT2D eigenvalue weighted by atomic mass is 10.1. The fraction of sp³-hybridized carbons (Fsp3) is 0.148.